The first kappa shape index (κ1) is 16.1. The third-order valence-corrected chi connectivity index (χ3v) is 4.18. The van der Waals surface area contributed by atoms with Crippen molar-refractivity contribution in [2.45, 2.75) is 19.8 Å². The van der Waals surface area contributed by atoms with Crippen LogP contribution in [0.5, 0.6) is 0 Å². The van der Waals surface area contributed by atoms with Crippen LogP contribution >= 0.6 is 0 Å². The number of hydrogen-bond acceptors (Lipinski definition) is 6. The molecule has 1 aromatic heterocycles. The second-order valence-electron chi connectivity index (χ2n) is 5.94. The van der Waals surface area contributed by atoms with E-state index >= 15 is 0 Å². The molecule has 1 fully saturated rings. The van der Waals surface area contributed by atoms with Gasteiger partial charge in [-0.2, -0.15) is 0 Å². The highest BCUT2D eigenvalue weighted by Crippen LogP contribution is 2.16. The van der Waals surface area contributed by atoms with Crippen molar-refractivity contribution in [2.75, 3.05) is 19.7 Å². The second-order valence-corrected chi connectivity index (χ2v) is 5.94. The van der Waals surface area contributed by atoms with Crippen LogP contribution in [-0.4, -0.2) is 56.7 Å². The zero-order valence-electron chi connectivity index (χ0n) is 13.5. The van der Waals surface area contributed by atoms with Crippen molar-refractivity contribution in [3.8, 4) is 5.69 Å². The summed E-state index contributed by atoms with van der Waals surface area (Å²) in [5.74, 6) is -0.00662. The molecular formula is C16H19N5O3. The van der Waals surface area contributed by atoms with Crippen molar-refractivity contribution in [3.05, 3.63) is 36.2 Å². The Morgan fingerprint density at radius 3 is 2.54 bits per heavy atom. The predicted molar refractivity (Wildman–Crippen MR) is 84.4 cm³/mol. The normalized spacial score (nSPS) is 15.3. The first-order valence-electron chi connectivity index (χ1n) is 7.92. The van der Waals surface area contributed by atoms with Gasteiger partial charge in [0.25, 0.3) is 5.91 Å². The minimum atomic E-state index is -0.517. The number of aromatic nitrogens is 4. The van der Waals surface area contributed by atoms with Crippen LogP contribution in [0.2, 0.25) is 0 Å². The first-order valence-corrected chi connectivity index (χ1v) is 7.92. The number of nitrogens with zero attached hydrogens (tertiary/aromatic N) is 5. The number of piperidine rings is 1. The summed E-state index contributed by atoms with van der Waals surface area (Å²) in [5.41, 5.74) is 1.11. The third-order valence-electron chi connectivity index (χ3n) is 4.18. The summed E-state index contributed by atoms with van der Waals surface area (Å²) in [5, 5.41) is 10.9. The molecule has 0 N–H and O–H groups in total. The van der Waals surface area contributed by atoms with Gasteiger partial charge < -0.3 is 9.64 Å². The predicted octanol–water partition coefficient (Wildman–Crippen LogP) is 1.08. The summed E-state index contributed by atoms with van der Waals surface area (Å²) < 4.78 is 6.61. The molecule has 0 aliphatic carbocycles. The standard InChI is InChI=1S/C16H19N5O3/c1-12-6-8-20(9-7-12)15(22)10-24-16(23)13-2-4-14(5-3-13)21-11-17-18-19-21/h2-5,11-12H,6-10H2,1H3. The zero-order chi connectivity index (χ0) is 16.9. The monoisotopic (exact) mass is 329 g/mol. The SMILES string of the molecule is CC1CCN(C(=O)COC(=O)c2ccc(-n3cnnn3)cc2)CC1. The average molecular weight is 329 g/mol. The Morgan fingerprint density at radius 2 is 1.92 bits per heavy atom. The van der Waals surface area contributed by atoms with Crippen molar-refractivity contribution in [3.63, 3.8) is 0 Å². The van der Waals surface area contributed by atoms with E-state index in [2.05, 4.69) is 22.4 Å². The second kappa shape index (κ2) is 7.20. The van der Waals surface area contributed by atoms with Crippen LogP contribution in [0, 0.1) is 5.92 Å². The fraction of sp³-hybridized carbons (Fsp3) is 0.438. The molecule has 0 radical (unpaired) electrons. The molecule has 0 atom stereocenters. The highest BCUT2D eigenvalue weighted by molar-refractivity contribution is 5.91. The Labute approximate surface area is 139 Å². The van der Waals surface area contributed by atoms with Crippen LogP contribution in [0.25, 0.3) is 5.69 Å². The van der Waals surface area contributed by atoms with Crippen LogP contribution in [-0.2, 0) is 9.53 Å². The van der Waals surface area contributed by atoms with Crippen LogP contribution in [0.3, 0.4) is 0 Å². The van der Waals surface area contributed by atoms with Gasteiger partial charge in [-0.1, -0.05) is 6.92 Å². The van der Waals surface area contributed by atoms with Gasteiger partial charge in [-0.3, -0.25) is 4.79 Å². The summed E-state index contributed by atoms with van der Waals surface area (Å²) in [4.78, 5) is 25.9. The van der Waals surface area contributed by atoms with Gasteiger partial charge in [0.1, 0.15) is 6.33 Å². The van der Waals surface area contributed by atoms with E-state index in [1.54, 1.807) is 29.2 Å². The van der Waals surface area contributed by atoms with Crippen molar-refractivity contribution in [1.29, 1.82) is 0 Å². The fourth-order valence-corrected chi connectivity index (χ4v) is 2.59. The molecule has 1 aliphatic heterocycles. The Morgan fingerprint density at radius 1 is 1.21 bits per heavy atom. The minimum Gasteiger partial charge on any atom is -0.452 e. The molecule has 8 nitrogen and oxygen atoms in total. The third kappa shape index (κ3) is 3.76. The lowest BCUT2D eigenvalue weighted by Crippen LogP contribution is -2.40. The van der Waals surface area contributed by atoms with Crippen LogP contribution in [0.15, 0.2) is 30.6 Å². The molecule has 1 amide bonds. The Balaban J connectivity index is 1.52. The van der Waals surface area contributed by atoms with Crippen molar-refractivity contribution >= 4 is 11.9 Å². The summed E-state index contributed by atoms with van der Waals surface area (Å²) >= 11 is 0. The molecule has 3 rings (SSSR count). The van der Waals surface area contributed by atoms with Crippen molar-refractivity contribution < 1.29 is 14.3 Å². The van der Waals surface area contributed by atoms with Crippen LogP contribution < -0.4 is 0 Å². The average Bonchev–Trinajstić information content (AvgIpc) is 3.15. The lowest BCUT2D eigenvalue weighted by molar-refractivity contribution is -0.135. The molecule has 24 heavy (non-hydrogen) atoms. The van der Waals surface area contributed by atoms with Crippen molar-refractivity contribution in [1.82, 2.24) is 25.1 Å². The van der Waals surface area contributed by atoms with Gasteiger partial charge in [0, 0.05) is 13.1 Å². The number of carbonyl (C=O) groups is 2. The number of rotatable bonds is 4. The molecule has 0 spiro atoms. The molecule has 0 saturated carbocycles. The van der Waals surface area contributed by atoms with Gasteiger partial charge in [-0.25, -0.2) is 9.48 Å². The minimum absolute atomic E-state index is 0.138. The molecule has 0 bridgehead atoms. The number of carbonyl (C=O) groups excluding carboxylic acids is 2. The number of ether oxygens (including phenoxy) is 1. The van der Waals surface area contributed by atoms with E-state index < -0.39 is 5.97 Å². The Bertz CT molecular complexity index is 691. The quantitative estimate of drug-likeness (QED) is 0.780. The zero-order valence-corrected chi connectivity index (χ0v) is 13.5. The number of benzene rings is 1. The first-order chi connectivity index (χ1) is 11.6. The molecule has 0 unspecified atom stereocenters. The highest BCUT2D eigenvalue weighted by Gasteiger charge is 2.21. The van der Waals surface area contributed by atoms with Gasteiger partial charge >= 0.3 is 5.97 Å². The number of hydrogen-bond donors (Lipinski definition) is 0. The van der Waals surface area contributed by atoms with E-state index in [0.717, 1.165) is 31.6 Å². The topological polar surface area (TPSA) is 90.2 Å². The largest absolute Gasteiger partial charge is 0.452 e. The molecule has 126 valence electrons. The lowest BCUT2D eigenvalue weighted by atomic mass is 9.99. The van der Waals surface area contributed by atoms with Gasteiger partial charge in [-0.05, 0) is 53.5 Å². The van der Waals surface area contributed by atoms with E-state index in [4.69, 9.17) is 4.74 Å². The molecular weight excluding hydrogens is 310 g/mol. The van der Waals surface area contributed by atoms with Crippen LogP contribution in [0.1, 0.15) is 30.1 Å². The van der Waals surface area contributed by atoms with Gasteiger partial charge in [-0.15, -0.1) is 5.10 Å². The van der Waals surface area contributed by atoms with Crippen molar-refractivity contribution in [2.24, 2.45) is 5.92 Å². The maximum atomic E-state index is 12.1. The van der Waals surface area contributed by atoms with E-state index in [9.17, 15) is 9.59 Å². The van der Waals surface area contributed by atoms with E-state index in [1.807, 2.05) is 0 Å². The maximum absolute atomic E-state index is 12.1. The number of amides is 1. The highest BCUT2D eigenvalue weighted by atomic mass is 16.5. The molecule has 8 heteroatoms. The fourth-order valence-electron chi connectivity index (χ4n) is 2.59. The molecule has 1 aliphatic rings. The summed E-state index contributed by atoms with van der Waals surface area (Å²) in [6, 6.07) is 6.65. The van der Waals surface area contributed by atoms with Crippen LogP contribution in [0.4, 0.5) is 0 Å². The van der Waals surface area contributed by atoms with Gasteiger partial charge in [0.15, 0.2) is 6.61 Å². The van der Waals surface area contributed by atoms with E-state index in [0.29, 0.717) is 11.5 Å². The molecule has 1 aromatic carbocycles. The lowest BCUT2D eigenvalue weighted by Gasteiger charge is -2.30. The summed E-state index contributed by atoms with van der Waals surface area (Å²) in [6.07, 6.45) is 3.46. The number of likely N-dealkylation sites (tertiary alicyclic amines) is 1. The molecule has 2 aromatic rings. The van der Waals surface area contributed by atoms with Gasteiger partial charge in [0.2, 0.25) is 0 Å². The molecule has 2 heterocycles. The molecule has 1 saturated heterocycles. The summed E-state index contributed by atoms with van der Waals surface area (Å²) in [6.45, 7) is 3.43. The van der Waals surface area contributed by atoms with E-state index in [1.165, 1.54) is 11.0 Å². The van der Waals surface area contributed by atoms with E-state index in [-0.39, 0.29) is 12.5 Å². The Hall–Kier alpha value is -2.77. The Kier molecular flexibility index (Phi) is 4.83. The number of esters is 1. The number of tetrazole rings is 1. The van der Waals surface area contributed by atoms with Gasteiger partial charge in [0.05, 0.1) is 11.3 Å². The maximum Gasteiger partial charge on any atom is 0.338 e. The smallest absolute Gasteiger partial charge is 0.338 e. The summed E-state index contributed by atoms with van der Waals surface area (Å²) in [7, 11) is 0.